The van der Waals surface area contributed by atoms with E-state index >= 15 is 4.39 Å². The molecule has 1 saturated carbocycles. The van der Waals surface area contributed by atoms with Gasteiger partial charge in [-0.2, -0.15) is 4.31 Å². The highest BCUT2D eigenvalue weighted by molar-refractivity contribution is 7.90. The summed E-state index contributed by atoms with van der Waals surface area (Å²) in [5, 5.41) is 7.79. The molecule has 4 atom stereocenters. The summed E-state index contributed by atoms with van der Waals surface area (Å²) in [6.07, 6.45) is 4.03. The summed E-state index contributed by atoms with van der Waals surface area (Å²) >= 11 is 0. The highest BCUT2D eigenvalue weighted by atomic mass is 32.2. The van der Waals surface area contributed by atoms with Gasteiger partial charge in [0.05, 0.1) is 36.3 Å². The first-order valence-electron chi connectivity index (χ1n) is 15.4. The molecule has 1 saturated heterocycles. The van der Waals surface area contributed by atoms with Crippen LogP contribution in [0.25, 0.3) is 0 Å². The molecule has 2 amide bonds. The predicted octanol–water partition coefficient (Wildman–Crippen LogP) is 5.18. The second-order valence-electron chi connectivity index (χ2n) is 11.9. The Morgan fingerprint density at radius 3 is 2.46 bits per heavy atom. The van der Waals surface area contributed by atoms with Crippen LogP contribution in [0.15, 0.2) is 72.6 Å². The van der Waals surface area contributed by atoms with E-state index in [2.05, 4.69) is 27.5 Å². The van der Waals surface area contributed by atoms with Crippen LogP contribution in [0.2, 0.25) is 0 Å². The number of alkyl carbamates (subject to hydrolysis) is 1. The minimum Gasteiger partial charge on any atom is -0.453 e. The summed E-state index contributed by atoms with van der Waals surface area (Å²) in [4.78, 5) is 30.3. The zero-order chi connectivity index (χ0) is 35.2. The Bertz CT molecular complexity index is 1680. The number of hydrogen-bond donors (Lipinski definition) is 3. The van der Waals surface area contributed by atoms with E-state index in [0.29, 0.717) is 32.0 Å². The van der Waals surface area contributed by atoms with Crippen molar-refractivity contribution in [3.05, 3.63) is 95.4 Å². The number of ether oxygens (including phenoxy) is 1. The number of allylic oxidation sites excluding steroid dienone is 4. The number of hydrogen-bond acceptors (Lipinski definition) is 7. The first-order chi connectivity index (χ1) is 22.7. The van der Waals surface area contributed by atoms with E-state index in [1.165, 1.54) is 22.6 Å². The lowest BCUT2D eigenvalue weighted by Gasteiger charge is -2.40. The third kappa shape index (κ3) is 9.08. The fourth-order valence-electron chi connectivity index (χ4n) is 5.84. The van der Waals surface area contributed by atoms with Gasteiger partial charge in [-0.05, 0) is 68.9 Å². The Labute approximate surface area is 277 Å². The molecule has 2 heterocycles. The molecule has 2 aromatic rings. The first kappa shape index (κ1) is 36.8. The maximum atomic E-state index is 15.3. The van der Waals surface area contributed by atoms with Gasteiger partial charge >= 0.3 is 6.09 Å². The standard InChI is InChI=1S/C33H39F4N5O5S/c1-19(13-24(36)14-20(2)34)30(22-5-7-23(35)8-6-22)31(41-33(44)47-4)32(43)40-29-18-39-17-28(37)27(29)12-9-25-16-38-15-21(3)42(25)48(45,46)26-10-11-26/h5-8,13-14,17-18,21,25-26,30-31,38H,1,9-12,15-16H2,2-4H3,(H,40,43)(H,41,44)/b20-14+,24-13+/t21-,25-,30+,31-/m0/s1. The van der Waals surface area contributed by atoms with Crippen LogP contribution in [0.3, 0.4) is 0 Å². The molecule has 0 radical (unpaired) electrons. The van der Waals surface area contributed by atoms with E-state index in [4.69, 9.17) is 4.74 Å². The average molecular weight is 694 g/mol. The maximum absolute atomic E-state index is 15.3. The minimum atomic E-state index is -3.54. The van der Waals surface area contributed by atoms with Gasteiger partial charge < -0.3 is 20.7 Å². The summed E-state index contributed by atoms with van der Waals surface area (Å²) in [5.74, 6) is -5.40. The van der Waals surface area contributed by atoms with E-state index in [-0.39, 0.29) is 41.3 Å². The molecule has 0 spiro atoms. The SMILES string of the molecule is C=C(/C=C(F)\C=C(/C)F)[C@H](c1ccc(F)cc1)[C@H](NC(=O)OC)C(=O)Nc1cncc(F)c1CC[C@H]1CNC[C@H](C)N1S(=O)(=O)C1CC1. The van der Waals surface area contributed by atoms with Crippen molar-refractivity contribution in [2.75, 3.05) is 25.5 Å². The Morgan fingerprint density at radius 2 is 1.83 bits per heavy atom. The van der Waals surface area contributed by atoms with Crippen LogP contribution in [0.4, 0.5) is 28.0 Å². The van der Waals surface area contributed by atoms with Gasteiger partial charge in [-0.3, -0.25) is 9.78 Å². The number of carbonyl (C=O) groups is 2. The molecule has 10 nitrogen and oxygen atoms in total. The number of piperazine rings is 1. The lowest BCUT2D eigenvalue weighted by molar-refractivity contribution is -0.118. The number of benzene rings is 1. The van der Waals surface area contributed by atoms with Crippen molar-refractivity contribution in [2.24, 2.45) is 0 Å². The summed E-state index contributed by atoms with van der Waals surface area (Å²) in [6.45, 7) is 7.52. The molecule has 3 N–H and O–H groups in total. The Morgan fingerprint density at radius 1 is 1.15 bits per heavy atom. The van der Waals surface area contributed by atoms with Gasteiger partial charge in [-0.1, -0.05) is 18.7 Å². The van der Waals surface area contributed by atoms with E-state index in [1.807, 2.05) is 6.92 Å². The number of aromatic nitrogens is 1. The number of nitrogens with one attached hydrogen (secondary N) is 3. The zero-order valence-corrected chi connectivity index (χ0v) is 27.6. The molecule has 4 rings (SSSR count). The minimum absolute atomic E-state index is 0.0196. The maximum Gasteiger partial charge on any atom is 0.407 e. The molecule has 260 valence electrons. The van der Waals surface area contributed by atoms with E-state index < -0.39 is 68.6 Å². The summed E-state index contributed by atoms with van der Waals surface area (Å²) in [6, 6.07) is 2.44. The quantitative estimate of drug-likeness (QED) is 0.195. The molecule has 1 aliphatic carbocycles. The Balaban J connectivity index is 1.66. The summed E-state index contributed by atoms with van der Waals surface area (Å²) in [5.41, 5.74) is 0.133. The number of halogens is 4. The number of rotatable bonds is 13. The highest BCUT2D eigenvalue weighted by Gasteiger charge is 2.45. The average Bonchev–Trinajstić information content (AvgIpc) is 3.87. The van der Waals surface area contributed by atoms with Crippen LogP contribution in [0, 0.1) is 11.6 Å². The van der Waals surface area contributed by atoms with E-state index in [9.17, 15) is 31.2 Å². The van der Waals surface area contributed by atoms with Gasteiger partial charge in [0.2, 0.25) is 15.9 Å². The number of amides is 2. The van der Waals surface area contributed by atoms with E-state index in [0.717, 1.165) is 38.4 Å². The fraction of sp³-hybridized carbons (Fsp3) is 0.424. The second-order valence-corrected chi connectivity index (χ2v) is 14.0. The van der Waals surface area contributed by atoms with Crippen molar-refractivity contribution >= 4 is 27.7 Å². The Kier molecular flexibility index (Phi) is 12.2. The zero-order valence-electron chi connectivity index (χ0n) is 26.8. The molecule has 0 unspecified atom stereocenters. The monoisotopic (exact) mass is 693 g/mol. The van der Waals surface area contributed by atoms with Crippen LogP contribution >= 0.6 is 0 Å². The lowest BCUT2D eigenvalue weighted by atomic mass is 9.84. The number of anilines is 1. The van der Waals surface area contributed by atoms with Crippen molar-refractivity contribution in [1.29, 1.82) is 0 Å². The number of methoxy groups -OCH3 is 1. The number of sulfonamides is 1. The number of pyridine rings is 1. The molecule has 1 aromatic carbocycles. The highest BCUT2D eigenvalue weighted by Crippen LogP contribution is 2.35. The van der Waals surface area contributed by atoms with Crippen molar-refractivity contribution in [1.82, 2.24) is 19.9 Å². The van der Waals surface area contributed by atoms with Crippen LogP contribution in [0.5, 0.6) is 0 Å². The molecule has 48 heavy (non-hydrogen) atoms. The Hall–Kier alpha value is -4.08. The third-order valence-corrected chi connectivity index (χ3v) is 10.8. The van der Waals surface area contributed by atoms with Crippen molar-refractivity contribution in [3.63, 3.8) is 0 Å². The van der Waals surface area contributed by atoms with Crippen LogP contribution in [0.1, 0.15) is 50.2 Å². The van der Waals surface area contributed by atoms with Crippen molar-refractivity contribution in [3.8, 4) is 0 Å². The molecule has 15 heteroatoms. The molecular weight excluding hydrogens is 654 g/mol. The van der Waals surface area contributed by atoms with Crippen molar-refractivity contribution < 1.29 is 40.3 Å². The van der Waals surface area contributed by atoms with Crippen LogP contribution in [-0.2, 0) is 26.0 Å². The molecular formula is C33H39F4N5O5S. The molecule has 2 fully saturated rings. The van der Waals surface area contributed by atoms with Crippen LogP contribution < -0.4 is 16.0 Å². The first-order valence-corrected chi connectivity index (χ1v) is 16.9. The summed E-state index contributed by atoms with van der Waals surface area (Å²) in [7, 11) is -2.48. The fourth-order valence-corrected chi connectivity index (χ4v) is 8.09. The van der Waals surface area contributed by atoms with Crippen LogP contribution in [-0.4, -0.2) is 73.3 Å². The van der Waals surface area contributed by atoms with Gasteiger partial charge in [0.25, 0.3) is 0 Å². The molecule has 2 aliphatic rings. The predicted molar refractivity (Wildman–Crippen MR) is 173 cm³/mol. The van der Waals surface area contributed by atoms with Gasteiger partial charge in [0.15, 0.2) is 0 Å². The van der Waals surface area contributed by atoms with Gasteiger partial charge in [-0.15, -0.1) is 0 Å². The second kappa shape index (κ2) is 15.9. The number of nitrogens with zero attached hydrogens (tertiary/aromatic N) is 2. The van der Waals surface area contributed by atoms with Gasteiger partial charge in [0.1, 0.15) is 23.5 Å². The van der Waals surface area contributed by atoms with Crippen molar-refractivity contribution in [2.45, 2.75) is 68.8 Å². The number of carbonyl (C=O) groups excluding carboxylic acids is 2. The van der Waals surface area contributed by atoms with Gasteiger partial charge in [-0.25, -0.2) is 30.8 Å². The normalized spacial score (nSPS) is 20.5. The molecule has 0 bridgehead atoms. The largest absolute Gasteiger partial charge is 0.453 e. The topological polar surface area (TPSA) is 130 Å². The smallest absolute Gasteiger partial charge is 0.407 e. The third-order valence-electron chi connectivity index (χ3n) is 8.21. The summed E-state index contributed by atoms with van der Waals surface area (Å²) < 4.78 is 89.9. The molecule has 1 aliphatic heterocycles. The lowest BCUT2D eigenvalue weighted by Crippen LogP contribution is -2.59. The molecule has 1 aromatic heterocycles. The van der Waals surface area contributed by atoms with Gasteiger partial charge in [0, 0.05) is 42.7 Å². The van der Waals surface area contributed by atoms with E-state index in [1.54, 1.807) is 0 Å².